The van der Waals surface area contributed by atoms with Crippen LogP contribution in [-0.2, 0) is 0 Å². The van der Waals surface area contributed by atoms with Crippen LogP contribution in [0.2, 0.25) is 0 Å². The molecule has 0 saturated heterocycles. The van der Waals surface area contributed by atoms with Gasteiger partial charge >= 0.3 is 0 Å². The van der Waals surface area contributed by atoms with Crippen molar-refractivity contribution in [2.75, 3.05) is 6.54 Å². The molecule has 0 aliphatic carbocycles. The van der Waals surface area contributed by atoms with Crippen molar-refractivity contribution in [2.24, 2.45) is 0 Å². The fourth-order valence-electron chi connectivity index (χ4n) is 2.07. The monoisotopic (exact) mass is 427 g/mol. The largest absolute Gasteiger partial charge is 0.310 e. The minimum Gasteiger partial charge on any atom is -0.310 e. The van der Waals surface area contributed by atoms with E-state index < -0.39 is 0 Å². The molecule has 2 aromatic rings. The third-order valence-corrected chi connectivity index (χ3v) is 5.81. The topological polar surface area (TPSA) is 12.0 Å². The molecule has 1 N–H and O–H groups in total. The summed E-state index contributed by atoms with van der Waals surface area (Å²) in [7, 11) is 0. The highest BCUT2D eigenvalue weighted by Gasteiger charge is 2.12. The molecule has 112 valence electrons. The minimum absolute atomic E-state index is 0.340. The quantitative estimate of drug-likeness (QED) is 0.569. The Balaban J connectivity index is 2.28. The lowest BCUT2D eigenvalue weighted by Gasteiger charge is -2.18. The zero-order valence-corrected chi connectivity index (χ0v) is 16.2. The lowest BCUT2D eigenvalue weighted by atomic mass is 10.1. The van der Waals surface area contributed by atoms with Gasteiger partial charge in [0.1, 0.15) is 0 Å². The van der Waals surface area contributed by atoms with Crippen molar-refractivity contribution in [3.63, 3.8) is 0 Å². The summed E-state index contributed by atoms with van der Waals surface area (Å²) < 4.78 is 2.26. The molecule has 0 fully saturated rings. The Hall–Kier alpha value is -0.290. The number of halogens is 2. The number of rotatable bonds is 6. The summed E-state index contributed by atoms with van der Waals surface area (Å²) in [4.78, 5) is 2.53. The standard InChI is InChI=1S/C17H19Br2NS/c1-3-10-20-12(2)14-11-13(18)8-9-16(14)21-17-7-5-4-6-15(17)19/h4-9,11-12,20H,3,10H2,1-2H3. The first-order valence-electron chi connectivity index (χ1n) is 7.07. The lowest BCUT2D eigenvalue weighted by Crippen LogP contribution is -2.19. The van der Waals surface area contributed by atoms with Crippen molar-refractivity contribution in [3.8, 4) is 0 Å². The fourth-order valence-corrected chi connectivity index (χ4v) is 4.01. The van der Waals surface area contributed by atoms with Gasteiger partial charge in [-0.3, -0.25) is 0 Å². The van der Waals surface area contributed by atoms with E-state index in [1.54, 1.807) is 11.8 Å². The van der Waals surface area contributed by atoms with E-state index in [1.807, 2.05) is 6.07 Å². The van der Waals surface area contributed by atoms with Crippen LogP contribution in [-0.4, -0.2) is 6.54 Å². The smallest absolute Gasteiger partial charge is 0.0314 e. The molecule has 0 aliphatic rings. The van der Waals surface area contributed by atoms with Gasteiger partial charge in [0.25, 0.3) is 0 Å². The lowest BCUT2D eigenvalue weighted by molar-refractivity contribution is 0.563. The van der Waals surface area contributed by atoms with E-state index in [0.29, 0.717) is 6.04 Å². The van der Waals surface area contributed by atoms with E-state index in [0.717, 1.165) is 21.9 Å². The molecule has 0 radical (unpaired) electrons. The molecule has 0 aromatic heterocycles. The first-order chi connectivity index (χ1) is 10.1. The molecule has 0 aliphatic heterocycles. The Kier molecular flexibility index (Phi) is 6.80. The predicted molar refractivity (Wildman–Crippen MR) is 99.1 cm³/mol. The van der Waals surface area contributed by atoms with Gasteiger partial charge in [-0.25, -0.2) is 0 Å². The van der Waals surface area contributed by atoms with Crippen LogP contribution in [0.1, 0.15) is 31.9 Å². The molecule has 0 amide bonds. The molecule has 0 saturated carbocycles. The van der Waals surface area contributed by atoms with Crippen LogP contribution < -0.4 is 5.32 Å². The van der Waals surface area contributed by atoms with Crippen LogP contribution in [0.5, 0.6) is 0 Å². The second kappa shape index (κ2) is 8.37. The predicted octanol–water partition coefficient (Wildman–Crippen LogP) is 6.42. The maximum atomic E-state index is 3.63. The highest BCUT2D eigenvalue weighted by molar-refractivity contribution is 9.10. The summed E-state index contributed by atoms with van der Waals surface area (Å²) >= 11 is 9.02. The molecule has 4 heteroatoms. The molecule has 21 heavy (non-hydrogen) atoms. The summed E-state index contributed by atoms with van der Waals surface area (Å²) in [5.74, 6) is 0. The molecule has 0 heterocycles. The fraction of sp³-hybridized carbons (Fsp3) is 0.294. The molecule has 2 rings (SSSR count). The highest BCUT2D eigenvalue weighted by Crippen LogP contribution is 2.38. The van der Waals surface area contributed by atoms with E-state index in [-0.39, 0.29) is 0 Å². The summed E-state index contributed by atoms with van der Waals surface area (Å²) in [5, 5.41) is 3.57. The molecule has 1 atom stereocenters. The van der Waals surface area contributed by atoms with Gasteiger partial charge in [0, 0.05) is 24.8 Å². The first kappa shape index (κ1) is 17.1. The average molecular weight is 429 g/mol. The number of benzene rings is 2. The number of hydrogen-bond acceptors (Lipinski definition) is 2. The van der Waals surface area contributed by atoms with Crippen molar-refractivity contribution in [2.45, 2.75) is 36.1 Å². The van der Waals surface area contributed by atoms with Crippen LogP contribution in [0.3, 0.4) is 0 Å². The van der Waals surface area contributed by atoms with E-state index in [9.17, 15) is 0 Å². The van der Waals surface area contributed by atoms with Crippen molar-refractivity contribution in [1.29, 1.82) is 0 Å². The van der Waals surface area contributed by atoms with Gasteiger partial charge in [-0.05, 0) is 71.7 Å². The van der Waals surface area contributed by atoms with Gasteiger partial charge < -0.3 is 5.32 Å². The van der Waals surface area contributed by atoms with Gasteiger partial charge in [-0.1, -0.05) is 46.7 Å². The maximum Gasteiger partial charge on any atom is 0.0314 e. The maximum absolute atomic E-state index is 3.63. The average Bonchev–Trinajstić information content (AvgIpc) is 2.48. The van der Waals surface area contributed by atoms with Crippen LogP contribution in [0.25, 0.3) is 0 Å². The summed E-state index contributed by atoms with van der Waals surface area (Å²) in [6.45, 7) is 5.45. The Morgan fingerprint density at radius 2 is 1.86 bits per heavy atom. The van der Waals surface area contributed by atoms with Gasteiger partial charge in [-0.2, -0.15) is 0 Å². The molecular formula is C17H19Br2NS. The molecule has 2 aromatic carbocycles. The third-order valence-electron chi connectivity index (χ3n) is 3.20. The van der Waals surface area contributed by atoms with E-state index >= 15 is 0 Å². The van der Waals surface area contributed by atoms with Gasteiger partial charge in [0.15, 0.2) is 0 Å². The van der Waals surface area contributed by atoms with Crippen molar-refractivity contribution in [3.05, 3.63) is 57.0 Å². The zero-order chi connectivity index (χ0) is 15.2. The molecule has 0 bridgehead atoms. The molecule has 0 spiro atoms. The molecular weight excluding hydrogens is 410 g/mol. The van der Waals surface area contributed by atoms with Crippen LogP contribution >= 0.6 is 43.6 Å². The van der Waals surface area contributed by atoms with Crippen LogP contribution in [0.4, 0.5) is 0 Å². The Labute approximate surface area is 148 Å². The summed E-state index contributed by atoms with van der Waals surface area (Å²) in [6.07, 6.45) is 1.14. The number of nitrogens with one attached hydrogen (secondary N) is 1. The van der Waals surface area contributed by atoms with E-state index in [1.165, 1.54) is 15.4 Å². The van der Waals surface area contributed by atoms with E-state index in [4.69, 9.17) is 0 Å². The second-order valence-corrected chi connectivity index (χ2v) is 7.74. The Morgan fingerprint density at radius 1 is 1.10 bits per heavy atom. The van der Waals surface area contributed by atoms with Crippen molar-refractivity contribution < 1.29 is 0 Å². The summed E-state index contributed by atoms with van der Waals surface area (Å²) in [5.41, 5.74) is 1.33. The first-order valence-corrected chi connectivity index (χ1v) is 9.47. The molecule has 1 unspecified atom stereocenters. The van der Waals surface area contributed by atoms with E-state index in [2.05, 4.69) is 87.4 Å². The highest BCUT2D eigenvalue weighted by atomic mass is 79.9. The van der Waals surface area contributed by atoms with Crippen molar-refractivity contribution in [1.82, 2.24) is 5.32 Å². The van der Waals surface area contributed by atoms with Crippen LogP contribution in [0.15, 0.2) is 61.2 Å². The SMILES string of the molecule is CCCNC(C)c1cc(Br)ccc1Sc1ccccc1Br. The summed E-state index contributed by atoms with van der Waals surface area (Å²) in [6, 6.07) is 15.2. The van der Waals surface area contributed by atoms with Gasteiger partial charge in [-0.15, -0.1) is 0 Å². The number of hydrogen-bond donors (Lipinski definition) is 1. The zero-order valence-electron chi connectivity index (χ0n) is 12.2. The van der Waals surface area contributed by atoms with Crippen LogP contribution in [0, 0.1) is 0 Å². The second-order valence-electron chi connectivity index (χ2n) is 4.89. The third kappa shape index (κ3) is 4.85. The van der Waals surface area contributed by atoms with Gasteiger partial charge in [0.05, 0.1) is 0 Å². The van der Waals surface area contributed by atoms with Gasteiger partial charge in [0.2, 0.25) is 0 Å². The minimum atomic E-state index is 0.340. The van der Waals surface area contributed by atoms with Crippen molar-refractivity contribution >= 4 is 43.6 Å². The molecule has 1 nitrogen and oxygen atoms in total. The normalized spacial score (nSPS) is 12.4. The Morgan fingerprint density at radius 3 is 2.57 bits per heavy atom. The Bertz CT molecular complexity index is 601.